The summed E-state index contributed by atoms with van der Waals surface area (Å²) in [6, 6.07) is 31.7. The number of rotatable bonds is 4. The molecule has 0 nitrogen and oxygen atoms in total. The van der Waals surface area contributed by atoms with E-state index < -0.39 is 8.07 Å². The molecule has 0 saturated carbocycles. The fourth-order valence-corrected chi connectivity index (χ4v) is 11.4. The molecule has 0 fully saturated rings. The highest BCUT2D eigenvalue weighted by molar-refractivity contribution is 7.02. The molecule has 0 aliphatic heterocycles. The van der Waals surface area contributed by atoms with Crippen LogP contribution in [0.5, 0.6) is 0 Å². The van der Waals surface area contributed by atoms with E-state index in [1.54, 1.807) is 10.4 Å². The van der Waals surface area contributed by atoms with Crippen molar-refractivity contribution in [2.45, 2.75) is 24.9 Å². The molecular formula is C40H32Si. The fraction of sp³-hybridized carbons (Fsp3) is 0.100. The Morgan fingerprint density at radius 2 is 0.927 bits per heavy atom. The second-order valence-electron chi connectivity index (χ2n) is 12.1. The standard InChI is InChI=1S/C40H32Si/c1-41(2,39-33(27-13-5-3-6-14-27)21-23-35-31-19-11-9-17-29(31)25-37(35)39)40-34(28-15-7-4-8-16-28)22-24-36-32-20-12-10-18-30(32)26-38(36)40/h3-26,31-32H,1-2H3. The summed E-state index contributed by atoms with van der Waals surface area (Å²) in [6.45, 7) is 5.19. The van der Waals surface area contributed by atoms with E-state index in [1.807, 2.05) is 0 Å². The van der Waals surface area contributed by atoms with Crippen LogP contribution in [0.25, 0.3) is 34.4 Å². The van der Waals surface area contributed by atoms with Gasteiger partial charge in [-0.2, -0.15) is 0 Å². The maximum atomic E-state index is 2.59. The first kappa shape index (κ1) is 24.3. The lowest BCUT2D eigenvalue weighted by atomic mass is 9.91. The number of hydrogen-bond acceptors (Lipinski definition) is 0. The predicted molar refractivity (Wildman–Crippen MR) is 179 cm³/mol. The van der Waals surface area contributed by atoms with Crippen molar-refractivity contribution in [1.29, 1.82) is 0 Å². The van der Waals surface area contributed by atoms with E-state index in [0.29, 0.717) is 11.8 Å². The van der Waals surface area contributed by atoms with Gasteiger partial charge in [-0.25, -0.2) is 0 Å². The van der Waals surface area contributed by atoms with Crippen molar-refractivity contribution < 1.29 is 0 Å². The highest BCUT2D eigenvalue weighted by Gasteiger charge is 2.40. The normalized spacial score (nSPS) is 19.4. The third kappa shape index (κ3) is 3.73. The molecule has 0 bridgehead atoms. The maximum Gasteiger partial charge on any atom is 0.115 e. The van der Waals surface area contributed by atoms with Crippen LogP contribution < -0.4 is 10.4 Å². The van der Waals surface area contributed by atoms with E-state index in [2.05, 4.69) is 159 Å². The molecule has 41 heavy (non-hydrogen) atoms. The minimum atomic E-state index is -2.34. The quantitative estimate of drug-likeness (QED) is 0.227. The van der Waals surface area contributed by atoms with E-state index in [4.69, 9.17) is 0 Å². The SMILES string of the molecule is C[Si](C)(c1c(-c2ccccc2)ccc2c1C=C1C=CC=CC12)c1c(-c2ccccc2)ccc2c1C=C1C=CC=CC12. The first-order valence-electron chi connectivity index (χ1n) is 14.7. The summed E-state index contributed by atoms with van der Waals surface area (Å²) in [5.41, 5.74) is 14.0. The van der Waals surface area contributed by atoms with Crippen LogP contribution in [0.3, 0.4) is 0 Å². The summed E-state index contributed by atoms with van der Waals surface area (Å²) in [5, 5.41) is 3.10. The maximum absolute atomic E-state index is 2.59. The number of hydrogen-bond donors (Lipinski definition) is 0. The van der Waals surface area contributed by atoms with E-state index in [-0.39, 0.29) is 0 Å². The Morgan fingerprint density at radius 1 is 0.488 bits per heavy atom. The summed E-state index contributed by atoms with van der Waals surface area (Å²) in [6.07, 6.45) is 23.1. The fourth-order valence-electron chi connectivity index (χ4n) is 7.60. The molecule has 0 N–H and O–H groups in total. The third-order valence-corrected chi connectivity index (χ3v) is 13.0. The van der Waals surface area contributed by atoms with Gasteiger partial charge in [0.15, 0.2) is 0 Å². The third-order valence-electron chi connectivity index (χ3n) is 9.40. The summed E-state index contributed by atoms with van der Waals surface area (Å²) >= 11 is 0. The smallest absolute Gasteiger partial charge is 0.0726 e. The molecule has 4 aromatic rings. The second kappa shape index (κ2) is 9.29. The van der Waals surface area contributed by atoms with E-state index in [1.165, 1.54) is 55.7 Å². The topological polar surface area (TPSA) is 0 Å². The summed E-state index contributed by atoms with van der Waals surface area (Å²) in [7, 11) is -2.34. The highest BCUT2D eigenvalue weighted by atomic mass is 28.3. The summed E-state index contributed by atoms with van der Waals surface area (Å²) in [4.78, 5) is 0. The summed E-state index contributed by atoms with van der Waals surface area (Å²) in [5.74, 6) is 0.692. The highest BCUT2D eigenvalue weighted by Crippen LogP contribution is 2.44. The van der Waals surface area contributed by atoms with Gasteiger partial charge in [0.05, 0.1) is 0 Å². The largest absolute Gasteiger partial charge is 0.115 e. The molecule has 8 rings (SSSR count). The van der Waals surface area contributed by atoms with Crippen molar-refractivity contribution in [3.8, 4) is 22.3 Å². The lowest BCUT2D eigenvalue weighted by Crippen LogP contribution is -2.56. The van der Waals surface area contributed by atoms with Gasteiger partial charge < -0.3 is 0 Å². The Labute approximate surface area is 244 Å². The molecule has 0 saturated heterocycles. The first-order valence-corrected chi connectivity index (χ1v) is 17.7. The van der Waals surface area contributed by atoms with Crippen molar-refractivity contribution in [2.24, 2.45) is 0 Å². The zero-order valence-corrected chi connectivity index (χ0v) is 24.5. The minimum absolute atomic E-state index is 0.346. The van der Waals surface area contributed by atoms with Crippen LogP contribution in [0, 0.1) is 0 Å². The lowest BCUT2D eigenvalue weighted by Gasteiger charge is -2.33. The molecule has 0 amide bonds. The number of benzene rings is 4. The van der Waals surface area contributed by atoms with Crippen LogP contribution in [0.4, 0.5) is 0 Å². The van der Waals surface area contributed by atoms with Crippen LogP contribution >= 0.6 is 0 Å². The van der Waals surface area contributed by atoms with Crippen molar-refractivity contribution >= 4 is 30.6 Å². The number of allylic oxidation sites excluding steroid dienone is 10. The van der Waals surface area contributed by atoms with Crippen LogP contribution in [0.15, 0.2) is 145 Å². The molecule has 2 atom stereocenters. The molecule has 4 aliphatic carbocycles. The van der Waals surface area contributed by atoms with Gasteiger partial charge >= 0.3 is 0 Å². The molecular weight excluding hydrogens is 509 g/mol. The van der Waals surface area contributed by atoms with Crippen molar-refractivity contribution in [1.82, 2.24) is 0 Å². The van der Waals surface area contributed by atoms with Crippen molar-refractivity contribution in [2.75, 3.05) is 0 Å². The monoisotopic (exact) mass is 540 g/mol. The molecule has 2 unspecified atom stereocenters. The molecule has 196 valence electrons. The van der Waals surface area contributed by atoms with Crippen LogP contribution in [0.1, 0.15) is 34.1 Å². The van der Waals surface area contributed by atoms with E-state index in [0.717, 1.165) is 0 Å². The zero-order valence-electron chi connectivity index (χ0n) is 23.5. The van der Waals surface area contributed by atoms with Gasteiger partial charge in [-0.1, -0.05) is 159 Å². The molecule has 0 radical (unpaired) electrons. The molecule has 4 aliphatic rings. The molecule has 1 heteroatoms. The summed E-state index contributed by atoms with van der Waals surface area (Å²) < 4.78 is 0. The van der Waals surface area contributed by atoms with Gasteiger partial charge in [0.2, 0.25) is 0 Å². The molecule has 4 aromatic carbocycles. The molecule has 0 heterocycles. The molecule has 0 aromatic heterocycles. The van der Waals surface area contributed by atoms with E-state index >= 15 is 0 Å². The minimum Gasteiger partial charge on any atom is -0.0726 e. The van der Waals surface area contributed by atoms with Gasteiger partial charge in [-0.15, -0.1) is 0 Å². The Hall–Kier alpha value is -4.46. The van der Waals surface area contributed by atoms with E-state index in [9.17, 15) is 0 Å². The van der Waals surface area contributed by atoms with Gasteiger partial charge in [0, 0.05) is 11.8 Å². The second-order valence-corrected chi connectivity index (χ2v) is 16.3. The van der Waals surface area contributed by atoms with Gasteiger partial charge in [0.1, 0.15) is 8.07 Å². The van der Waals surface area contributed by atoms with Gasteiger partial charge in [-0.05, 0) is 66.0 Å². The van der Waals surface area contributed by atoms with Crippen molar-refractivity contribution in [3.05, 3.63) is 167 Å². The lowest BCUT2D eigenvalue weighted by molar-refractivity contribution is 1.05. The van der Waals surface area contributed by atoms with Crippen LogP contribution in [-0.2, 0) is 0 Å². The zero-order chi connectivity index (χ0) is 27.6. The Balaban J connectivity index is 1.46. The first-order chi connectivity index (χ1) is 20.1. The average Bonchev–Trinajstić information content (AvgIpc) is 3.59. The van der Waals surface area contributed by atoms with Crippen LogP contribution in [-0.4, -0.2) is 8.07 Å². The Bertz CT molecular complexity index is 1750. The van der Waals surface area contributed by atoms with Gasteiger partial charge in [0.25, 0.3) is 0 Å². The van der Waals surface area contributed by atoms with Gasteiger partial charge in [-0.3, -0.25) is 0 Å². The molecule has 0 spiro atoms. The number of fused-ring (bicyclic) bond motifs is 6. The Morgan fingerprint density at radius 3 is 1.37 bits per heavy atom. The average molecular weight is 541 g/mol. The Kier molecular flexibility index (Phi) is 5.52. The van der Waals surface area contributed by atoms with Crippen LogP contribution in [0.2, 0.25) is 13.1 Å². The van der Waals surface area contributed by atoms with Crippen molar-refractivity contribution in [3.63, 3.8) is 0 Å². The predicted octanol–water partition coefficient (Wildman–Crippen LogP) is 9.06.